The lowest BCUT2D eigenvalue weighted by atomic mass is 10.1. The molecule has 0 fully saturated rings. The minimum Gasteiger partial charge on any atom is -0.493 e. The van der Waals surface area contributed by atoms with Crippen LogP contribution in [0.3, 0.4) is 0 Å². The highest BCUT2D eigenvalue weighted by Gasteiger charge is 2.20. The first-order valence-electron chi connectivity index (χ1n) is 6.94. The summed E-state index contributed by atoms with van der Waals surface area (Å²) in [7, 11) is 1.65. The highest BCUT2D eigenvalue weighted by Crippen LogP contribution is 2.41. The van der Waals surface area contributed by atoms with Crippen molar-refractivity contribution in [3.63, 3.8) is 0 Å². The Morgan fingerprint density at radius 1 is 1.37 bits per heavy atom. The van der Waals surface area contributed by atoms with E-state index in [1.807, 2.05) is 12.1 Å². The number of hydrogen-bond acceptors (Lipinski definition) is 4. The van der Waals surface area contributed by atoms with Gasteiger partial charge in [-0.3, -0.25) is 0 Å². The van der Waals surface area contributed by atoms with E-state index in [-0.39, 0.29) is 6.79 Å². The van der Waals surface area contributed by atoms with Gasteiger partial charge in [0, 0.05) is 12.6 Å². The van der Waals surface area contributed by atoms with Crippen molar-refractivity contribution in [2.75, 3.05) is 13.9 Å². The Hall–Kier alpha value is -1.42. The van der Waals surface area contributed by atoms with Gasteiger partial charge >= 0.3 is 0 Å². The molecule has 4 nitrogen and oxygen atoms in total. The molecule has 1 N–H and O–H groups in total. The molecule has 106 valence electrons. The second-order valence-corrected chi connectivity index (χ2v) is 4.96. The number of unbranched alkanes of at least 4 members (excludes halogenated alkanes) is 1. The van der Waals surface area contributed by atoms with E-state index in [1.54, 1.807) is 7.11 Å². The van der Waals surface area contributed by atoms with Gasteiger partial charge in [0.25, 0.3) is 0 Å². The first-order valence-corrected chi connectivity index (χ1v) is 6.94. The van der Waals surface area contributed by atoms with Crippen LogP contribution >= 0.6 is 0 Å². The van der Waals surface area contributed by atoms with Crippen molar-refractivity contribution in [3.8, 4) is 17.2 Å². The van der Waals surface area contributed by atoms with Crippen LogP contribution < -0.4 is 19.5 Å². The van der Waals surface area contributed by atoms with Gasteiger partial charge in [0.2, 0.25) is 12.5 Å². The summed E-state index contributed by atoms with van der Waals surface area (Å²) >= 11 is 0. The Morgan fingerprint density at radius 2 is 2.21 bits per heavy atom. The molecule has 0 saturated carbocycles. The Bertz CT molecular complexity index is 420. The summed E-state index contributed by atoms with van der Waals surface area (Å²) in [6, 6.07) is 4.55. The zero-order valence-electron chi connectivity index (χ0n) is 12.0. The highest BCUT2D eigenvalue weighted by atomic mass is 16.7. The van der Waals surface area contributed by atoms with Crippen LogP contribution in [0.5, 0.6) is 17.2 Å². The first-order chi connectivity index (χ1) is 9.24. The molecule has 2 rings (SSSR count). The molecule has 0 spiro atoms. The van der Waals surface area contributed by atoms with Crippen LogP contribution in [-0.4, -0.2) is 19.9 Å². The number of hydrogen-bond donors (Lipinski definition) is 1. The van der Waals surface area contributed by atoms with Crippen LogP contribution in [0.25, 0.3) is 0 Å². The Kier molecular flexibility index (Phi) is 4.91. The predicted octanol–water partition coefficient (Wildman–Crippen LogP) is 3.09. The van der Waals surface area contributed by atoms with Crippen LogP contribution in [0.1, 0.15) is 38.7 Å². The molecular weight excluding hydrogens is 242 g/mol. The van der Waals surface area contributed by atoms with Crippen molar-refractivity contribution in [1.29, 1.82) is 0 Å². The van der Waals surface area contributed by atoms with Crippen LogP contribution in [0.2, 0.25) is 0 Å². The molecule has 0 aliphatic carbocycles. The van der Waals surface area contributed by atoms with Crippen molar-refractivity contribution in [2.45, 2.75) is 45.7 Å². The summed E-state index contributed by atoms with van der Waals surface area (Å²) in [5.41, 5.74) is 1.16. The minimum atomic E-state index is 0.273. The summed E-state index contributed by atoms with van der Waals surface area (Å²) < 4.78 is 16.1. The van der Waals surface area contributed by atoms with Crippen LogP contribution in [0.4, 0.5) is 0 Å². The van der Waals surface area contributed by atoms with E-state index in [1.165, 1.54) is 19.3 Å². The maximum absolute atomic E-state index is 5.42. The predicted molar refractivity (Wildman–Crippen MR) is 74.9 cm³/mol. The Balaban J connectivity index is 1.97. The number of benzene rings is 1. The summed E-state index contributed by atoms with van der Waals surface area (Å²) in [6.45, 7) is 5.53. The van der Waals surface area contributed by atoms with Gasteiger partial charge in [-0.15, -0.1) is 0 Å². The molecule has 0 bridgehead atoms. The van der Waals surface area contributed by atoms with Gasteiger partial charge in [-0.1, -0.05) is 19.8 Å². The number of nitrogens with one attached hydrogen (secondary N) is 1. The van der Waals surface area contributed by atoms with Crippen LogP contribution in [0, 0.1) is 0 Å². The topological polar surface area (TPSA) is 39.7 Å². The van der Waals surface area contributed by atoms with Gasteiger partial charge in [0.15, 0.2) is 11.5 Å². The second-order valence-electron chi connectivity index (χ2n) is 4.96. The molecule has 1 heterocycles. The standard InChI is InChI=1S/C15H23NO3/c1-4-5-6-11(2)16-9-12-7-13(17-3)15-14(8-12)18-10-19-15/h7-8,11,16H,4-6,9-10H2,1-3H3. The largest absolute Gasteiger partial charge is 0.493 e. The van der Waals surface area contributed by atoms with E-state index in [2.05, 4.69) is 19.2 Å². The summed E-state index contributed by atoms with van der Waals surface area (Å²) in [6.07, 6.45) is 3.71. The fourth-order valence-electron chi connectivity index (χ4n) is 2.19. The van der Waals surface area contributed by atoms with Crippen LogP contribution in [0.15, 0.2) is 12.1 Å². The Morgan fingerprint density at radius 3 is 2.95 bits per heavy atom. The molecule has 0 radical (unpaired) electrons. The molecule has 19 heavy (non-hydrogen) atoms. The van der Waals surface area contributed by atoms with E-state index in [0.29, 0.717) is 11.8 Å². The van der Waals surface area contributed by atoms with Crippen molar-refractivity contribution in [1.82, 2.24) is 5.32 Å². The number of methoxy groups -OCH3 is 1. The average molecular weight is 265 g/mol. The molecule has 1 atom stereocenters. The number of rotatable bonds is 7. The lowest BCUT2D eigenvalue weighted by Gasteiger charge is -2.14. The number of fused-ring (bicyclic) bond motifs is 1. The zero-order chi connectivity index (χ0) is 13.7. The molecule has 1 aliphatic rings. The monoisotopic (exact) mass is 265 g/mol. The maximum atomic E-state index is 5.42. The number of ether oxygens (including phenoxy) is 3. The van der Waals surface area contributed by atoms with E-state index in [0.717, 1.165) is 23.6 Å². The fraction of sp³-hybridized carbons (Fsp3) is 0.600. The molecule has 1 unspecified atom stereocenters. The lowest BCUT2D eigenvalue weighted by molar-refractivity contribution is 0.171. The third-order valence-electron chi connectivity index (χ3n) is 3.36. The van der Waals surface area contributed by atoms with E-state index in [4.69, 9.17) is 14.2 Å². The van der Waals surface area contributed by atoms with E-state index >= 15 is 0 Å². The normalized spacial score (nSPS) is 14.5. The SMILES string of the molecule is CCCCC(C)NCc1cc(OC)c2c(c1)OCO2. The summed E-state index contributed by atoms with van der Waals surface area (Å²) in [5.74, 6) is 2.23. The quantitative estimate of drug-likeness (QED) is 0.822. The van der Waals surface area contributed by atoms with E-state index < -0.39 is 0 Å². The smallest absolute Gasteiger partial charge is 0.231 e. The van der Waals surface area contributed by atoms with Gasteiger partial charge in [-0.05, 0) is 31.0 Å². The third kappa shape index (κ3) is 3.53. The first kappa shape index (κ1) is 14.0. The lowest BCUT2D eigenvalue weighted by Crippen LogP contribution is -2.25. The molecule has 4 heteroatoms. The Labute approximate surface area is 115 Å². The van der Waals surface area contributed by atoms with Crippen molar-refractivity contribution < 1.29 is 14.2 Å². The minimum absolute atomic E-state index is 0.273. The summed E-state index contributed by atoms with van der Waals surface area (Å²) in [4.78, 5) is 0. The fourth-order valence-corrected chi connectivity index (χ4v) is 2.19. The van der Waals surface area contributed by atoms with Crippen molar-refractivity contribution in [3.05, 3.63) is 17.7 Å². The molecular formula is C15H23NO3. The summed E-state index contributed by atoms with van der Waals surface area (Å²) in [5, 5.41) is 3.52. The molecule has 1 aromatic carbocycles. The molecule has 0 saturated heterocycles. The van der Waals surface area contributed by atoms with Crippen molar-refractivity contribution in [2.24, 2.45) is 0 Å². The third-order valence-corrected chi connectivity index (χ3v) is 3.36. The van der Waals surface area contributed by atoms with Gasteiger partial charge < -0.3 is 19.5 Å². The van der Waals surface area contributed by atoms with Gasteiger partial charge in [0.1, 0.15) is 0 Å². The van der Waals surface area contributed by atoms with Gasteiger partial charge in [-0.2, -0.15) is 0 Å². The zero-order valence-corrected chi connectivity index (χ0v) is 12.0. The molecule has 1 aromatic rings. The highest BCUT2D eigenvalue weighted by molar-refractivity contribution is 5.55. The van der Waals surface area contributed by atoms with Gasteiger partial charge in [0.05, 0.1) is 7.11 Å². The van der Waals surface area contributed by atoms with Crippen molar-refractivity contribution >= 4 is 0 Å². The molecule has 0 amide bonds. The molecule has 0 aromatic heterocycles. The average Bonchev–Trinajstić information content (AvgIpc) is 2.90. The second kappa shape index (κ2) is 6.66. The van der Waals surface area contributed by atoms with Crippen LogP contribution in [-0.2, 0) is 6.54 Å². The molecule has 1 aliphatic heterocycles. The maximum Gasteiger partial charge on any atom is 0.231 e. The van der Waals surface area contributed by atoms with Gasteiger partial charge in [-0.25, -0.2) is 0 Å². The van der Waals surface area contributed by atoms with E-state index in [9.17, 15) is 0 Å².